The van der Waals surface area contributed by atoms with Crippen molar-refractivity contribution in [3.63, 3.8) is 0 Å². The van der Waals surface area contributed by atoms with Crippen molar-refractivity contribution < 1.29 is 33.3 Å². The standard InChI is InChI=1S/C21H25NO7/c1-12-19(21(25)26-4)16-10-18(22(12)15-8-6-5-7-9-15)29-17(11-27-13(2)23)20(16)28-14(3)24/h5-9,16-18,20H,10-11H2,1-4H3/t16-,17+,18+,20-/m0/s1. The lowest BCUT2D eigenvalue weighted by molar-refractivity contribution is -0.193. The molecule has 1 fully saturated rings. The Morgan fingerprint density at radius 1 is 1.14 bits per heavy atom. The van der Waals surface area contributed by atoms with Crippen molar-refractivity contribution in [2.45, 2.75) is 45.6 Å². The lowest BCUT2D eigenvalue weighted by atomic mass is 9.80. The summed E-state index contributed by atoms with van der Waals surface area (Å²) >= 11 is 0. The number of esters is 3. The molecule has 1 aromatic rings. The van der Waals surface area contributed by atoms with Crippen molar-refractivity contribution in [2.24, 2.45) is 5.92 Å². The maximum Gasteiger partial charge on any atom is 0.335 e. The summed E-state index contributed by atoms with van der Waals surface area (Å²) in [6, 6.07) is 9.53. The van der Waals surface area contributed by atoms with Gasteiger partial charge < -0.3 is 23.8 Å². The van der Waals surface area contributed by atoms with Gasteiger partial charge in [-0.15, -0.1) is 0 Å². The first-order valence-corrected chi connectivity index (χ1v) is 9.42. The fourth-order valence-corrected chi connectivity index (χ4v) is 4.05. The molecule has 2 bridgehead atoms. The van der Waals surface area contributed by atoms with Gasteiger partial charge in [0.15, 0.2) is 0 Å². The van der Waals surface area contributed by atoms with Crippen molar-refractivity contribution in [3.8, 4) is 0 Å². The monoisotopic (exact) mass is 403 g/mol. The summed E-state index contributed by atoms with van der Waals surface area (Å²) in [6.45, 7) is 4.32. The highest BCUT2D eigenvalue weighted by molar-refractivity contribution is 5.91. The Morgan fingerprint density at radius 2 is 1.83 bits per heavy atom. The molecule has 2 heterocycles. The Bertz CT molecular complexity index is 820. The van der Waals surface area contributed by atoms with E-state index < -0.39 is 42.3 Å². The predicted octanol–water partition coefficient (Wildman–Crippen LogP) is 2.18. The van der Waals surface area contributed by atoms with Crippen LogP contribution in [0.4, 0.5) is 5.69 Å². The van der Waals surface area contributed by atoms with E-state index in [0.29, 0.717) is 17.7 Å². The highest BCUT2D eigenvalue weighted by Gasteiger charge is 2.50. The Kier molecular flexibility index (Phi) is 6.22. The Labute approximate surface area is 169 Å². The largest absolute Gasteiger partial charge is 0.466 e. The molecule has 29 heavy (non-hydrogen) atoms. The highest BCUT2D eigenvalue weighted by Crippen LogP contribution is 2.43. The number of ether oxygens (including phenoxy) is 4. The van der Waals surface area contributed by atoms with Gasteiger partial charge in [0, 0.05) is 37.6 Å². The minimum absolute atomic E-state index is 0.0869. The topological polar surface area (TPSA) is 91.4 Å². The molecule has 1 aromatic carbocycles. The third-order valence-corrected chi connectivity index (χ3v) is 5.15. The summed E-state index contributed by atoms with van der Waals surface area (Å²) in [7, 11) is 1.32. The molecule has 1 saturated heterocycles. The van der Waals surface area contributed by atoms with Crippen molar-refractivity contribution in [2.75, 3.05) is 18.6 Å². The summed E-state index contributed by atoms with van der Waals surface area (Å²) in [5, 5.41) is 0. The minimum Gasteiger partial charge on any atom is -0.466 e. The highest BCUT2D eigenvalue weighted by atomic mass is 16.6. The van der Waals surface area contributed by atoms with Crippen molar-refractivity contribution in [1.29, 1.82) is 0 Å². The van der Waals surface area contributed by atoms with E-state index in [9.17, 15) is 14.4 Å². The van der Waals surface area contributed by atoms with E-state index >= 15 is 0 Å². The van der Waals surface area contributed by atoms with Crippen LogP contribution in [-0.2, 0) is 33.3 Å². The van der Waals surface area contributed by atoms with Gasteiger partial charge in [-0.1, -0.05) is 18.2 Å². The van der Waals surface area contributed by atoms with E-state index in [-0.39, 0.29) is 6.61 Å². The number of carbonyl (C=O) groups is 3. The lowest BCUT2D eigenvalue weighted by Gasteiger charge is -2.50. The Morgan fingerprint density at radius 3 is 2.41 bits per heavy atom. The van der Waals surface area contributed by atoms with Crippen LogP contribution in [0.5, 0.6) is 0 Å². The summed E-state index contributed by atoms with van der Waals surface area (Å²) in [4.78, 5) is 37.7. The van der Waals surface area contributed by atoms with Gasteiger partial charge in [0.25, 0.3) is 0 Å². The molecule has 0 N–H and O–H groups in total. The third-order valence-electron chi connectivity index (χ3n) is 5.15. The second kappa shape index (κ2) is 8.65. The number of rotatable bonds is 5. The van der Waals surface area contributed by atoms with Crippen LogP contribution in [0, 0.1) is 5.92 Å². The van der Waals surface area contributed by atoms with Crippen molar-refractivity contribution in [3.05, 3.63) is 41.6 Å². The predicted molar refractivity (Wildman–Crippen MR) is 103 cm³/mol. The molecular weight excluding hydrogens is 378 g/mol. The molecule has 2 aliphatic heterocycles. The van der Waals surface area contributed by atoms with E-state index in [1.807, 2.05) is 42.2 Å². The lowest BCUT2D eigenvalue weighted by Crippen LogP contribution is -2.58. The number of hydrogen-bond donors (Lipinski definition) is 0. The first-order valence-electron chi connectivity index (χ1n) is 9.42. The van der Waals surface area contributed by atoms with E-state index in [4.69, 9.17) is 18.9 Å². The molecule has 0 unspecified atom stereocenters. The van der Waals surface area contributed by atoms with Crippen LogP contribution in [0.3, 0.4) is 0 Å². The van der Waals surface area contributed by atoms with Crippen LogP contribution in [0.15, 0.2) is 41.6 Å². The van der Waals surface area contributed by atoms with Gasteiger partial charge in [-0.3, -0.25) is 9.59 Å². The zero-order valence-electron chi connectivity index (χ0n) is 16.9. The van der Waals surface area contributed by atoms with Crippen molar-refractivity contribution in [1.82, 2.24) is 0 Å². The summed E-state index contributed by atoms with van der Waals surface area (Å²) in [5.74, 6) is -1.90. The van der Waals surface area contributed by atoms with Crippen LogP contribution in [0.2, 0.25) is 0 Å². The number of methoxy groups -OCH3 is 1. The number of para-hydroxylation sites is 1. The molecule has 8 nitrogen and oxygen atoms in total. The van der Waals surface area contributed by atoms with E-state index in [2.05, 4.69) is 0 Å². The quantitative estimate of drug-likeness (QED) is 0.546. The normalized spacial score (nSPS) is 26.0. The number of carbonyl (C=O) groups excluding carboxylic acids is 3. The minimum atomic E-state index is -0.773. The molecule has 0 radical (unpaired) electrons. The zero-order valence-corrected chi connectivity index (χ0v) is 16.9. The average molecular weight is 403 g/mol. The van der Waals surface area contributed by atoms with Crippen LogP contribution in [0.1, 0.15) is 27.2 Å². The molecule has 0 aromatic heterocycles. The molecule has 8 heteroatoms. The molecular formula is C21H25NO7. The van der Waals surface area contributed by atoms with Crippen molar-refractivity contribution >= 4 is 23.6 Å². The average Bonchev–Trinajstić information content (AvgIpc) is 2.68. The van der Waals surface area contributed by atoms with Gasteiger partial charge in [-0.25, -0.2) is 4.79 Å². The second-order valence-electron chi connectivity index (χ2n) is 7.04. The number of anilines is 1. The summed E-state index contributed by atoms with van der Waals surface area (Å²) in [6.07, 6.45) is -1.48. The first-order chi connectivity index (χ1) is 13.8. The van der Waals surface area contributed by atoms with E-state index in [0.717, 1.165) is 5.69 Å². The molecule has 2 aliphatic rings. The maximum atomic E-state index is 12.7. The number of allylic oxidation sites excluding steroid dienone is 1. The third kappa shape index (κ3) is 4.27. The molecule has 0 saturated carbocycles. The van der Waals surface area contributed by atoms with Gasteiger partial charge in [0.1, 0.15) is 25.0 Å². The van der Waals surface area contributed by atoms with Crippen LogP contribution in [0.25, 0.3) is 0 Å². The molecule has 0 aliphatic carbocycles. The van der Waals surface area contributed by atoms with Crippen LogP contribution >= 0.6 is 0 Å². The number of fused-ring (bicyclic) bond motifs is 2. The smallest absolute Gasteiger partial charge is 0.335 e. The fraction of sp³-hybridized carbons (Fsp3) is 0.476. The van der Waals surface area contributed by atoms with Gasteiger partial charge in [0.2, 0.25) is 0 Å². The Balaban J connectivity index is 2.07. The number of nitrogens with zero attached hydrogens (tertiary/aromatic N) is 1. The van der Waals surface area contributed by atoms with Crippen LogP contribution < -0.4 is 4.90 Å². The number of benzene rings is 1. The molecule has 156 valence electrons. The zero-order chi connectivity index (χ0) is 21.1. The summed E-state index contributed by atoms with van der Waals surface area (Å²) in [5.41, 5.74) is 1.95. The van der Waals surface area contributed by atoms with Gasteiger partial charge >= 0.3 is 17.9 Å². The maximum absolute atomic E-state index is 12.7. The fourth-order valence-electron chi connectivity index (χ4n) is 4.05. The Hall–Kier alpha value is -2.87. The molecule has 3 rings (SSSR count). The molecule has 4 atom stereocenters. The first kappa shape index (κ1) is 20.9. The van der Waals surface area contributed by atoms with Gasteiger partial charge in [-0.2, -0.15) is 0 Å². The van der Waals surface area contributed by atoms with Crippen LogP contribution in [-0.4, -0.2) is 50.1 Å². The summed E-state index contributed by atoms with van der Waals surface area (Å²) < 4.78 is 21.9. The SMILES string of the molecule is COC(=O)C1=C(C)N(c2ccccc2)[C@H]2C[C@@H]1[C@H](OC(C)=O)[C@@H](COC(C)=O)O2. The van der Waals surface area contributed by atoms with Gasteiger partial charge in [0.05, 0.1) is 12.7 Å². The van der Waals surface area contributed by atoms with Gasteiger partial charge in [-0.05, 0) is 19.1 Å². The van der Waals surface area contributed by atoms with E-state index in [1.54, 1.807) is 0 Å². The molecule has 0 amide bonds. The molecule has 0 spiro atoms. The second-order valence-corrected chi connectivity index (χ2v) is 7.04. The van der Waals surface area contributed by atoms with E-state index in [1.165, 1.54) is 21.0 Å². The number of hydrogen-bond acceptors (Lipinski definition) is 8.